The van der Waals surface area contributed by atoms with Gasteiger partial charge in [-0.25, -0.2) is 9.97 Å². The fourth-order valence-corrected chi connectivity index (χ4v) is 3.15. The minimum Gasteiger partial charge on any atom is -0.372 e. The Morgan fingerprint density at radius 1 is 1.11 bits per heavy atom. The zero-order chi connectivity index (χ0) is 19.1. The predicted molar refractivity (Wildman–Crippen MR) is 110 cm³/mol. The van der Waals surface area contributed by atoms with Crippen molar-refractivity contribution in [3.8, 4) is 0 Å². The smallest absolute Gasteiger partial charge is 0.270 e. The molecule has 0 atom stereocenters. The lowest BCUT2D eigenvalue weighted by atomic mass is 10.1. The quantitative estimate of drug-likeness (QED) is 0.774. The van der Waals surface area contributed by atoms with Gasteiger partial charge in [0.05, 0.1) is 0 Å². The van der Waals surface area contributed by atoms with Gasteiger partial charge >= 0.3 is 0 Å². The molecule has 144 valence electrons. The molecule has 2 N–H and O–H groups in total. The molecule has 6 nitrogen and oxygen atoms in total. The van der Waals surface area contributed by atoms with Crippen molar-refractivity contribution in [2.75, 3.05) is 29.9 Å². The van der Waals surface area contributed by atoms with E-state index in [1.807, 2.05) is 12.1 Å². The third-order valence-electron chi connectivity index (χ3n) is 4.74. The van der Waals surface area contributed by atoms with Crippen molar-refractivity contribution in [2.45, 2.75) is 39.5 Å². The first kappa shape index (κ1) is 19.1. The number of aromatic nitrogens is 2. The monoisotopic (exact) mass is 367 g/mol. The van der Waals surface area contributed by atoms with Gasteiger partial charge < -0.3 is 15.5 Å². The van der Waals surface area contributed by atoms with Gasteiger partial charge in [0.2, 0.25) is 5.95 Å². The molecule has 1 aliphatic rings. The fourth-order valence-electron chi connectivity index (χ4n) is 3.15. The lowest BCUT2D eigenvalue weighted by Gasteiger charge is -2.28. The van der Waals surface area contributed by atoms with E-state index in [1.165, 1.54) is 24.9 Å². The van der Waals surface area contributed by atoms with E-state index < -0.39 is 0 Å². The number of rotatable bonds is 7. The average molecular weight is 367 g/mol. The van der Waals surface area contributed by atoms with Gasteiger partial charge in [-0.15, -0.1) is 0 Å². The number of hydrogen-bond donors (Lipinski definition) is 2. The molecule has 1 saturated heterocycles. The second kappa shape index (κ2) is 9.35. The number of nitrogens with zero attached hydrogens (tertiary/aromatic N) is 3. The van der Waals surface area contributed by atoms with Gasteiger partial charge in [-0.05, 0) is 61.9 Å². The molecule has 0 radical (unpaired) electrons. The summed E-state index contributed by atoms with van der Waals surface area (Å²) < 4.78 is 0. The molecule has 1 aromatic carbocycles. The van der Waals surface area contributed by atoms with Crippen LogP contribution in [0.2, 0.25) is 0 Å². The Morgan fingerprint density at radius 2 is 1.85 bits per heavy atom. The molecule has 0 spiro atoms. The van der Waals surface area contributed by atoms with Gasteiger partial charge in [0.25, 0.3) is 5.91 Å². The van der Waals surface area contributed by atoms with Gasteiger partial charge in [-0.1, -0.05) is 13.8 Å². The molecule has 1 fully saturated rings. The average Bonchev–Trinajstić information content (AvgIpc) is 2.69. The highest BCUT2D eigenvalue weighted by atomic mass is 16.1. The van der Waals surface area contributed by atoms with E-state index in [0.717, 1.165) is 25.2 Å². The van der Waals surface area contributed by atoms with Crippen molar-refractivity contribution in [1.29, 1.82) is 0 Å². The minimum absolute atomic E-state index is 0.165. The molecule has 0 aliphatic carbocycles. The van der Waals surface area contributed by atoms with Crippen molar-refractivity contribution in [3.63, 3.8) is 0 Å². The number of amides is 1. The fraction of sp³-hybridized carbons (Fsp3) is 0.476. The molecule has 2 heterocycles. The van der Waals surface area contributed by atoms with E-state index >= 15 is 0 Å². The Labute approximate surface area is 161 Å². The van der Waals surface area contributed by atoms with Crippen LogP contribution in [-0.4, -0.2) is 35.5 Å². The Kier molecular flexibility index (Phi) is 6.63. The Bertz CT molecular complexity index is 738. The summed E-state index contributed by atoms with van der Waals surface area (Å²) >= 11 is 0. The standard InChI is InChI=1S/C21H29N5O/c1-16(2)10-12-22-20(27)19-11-13-23-21(25-19)24-17-6-8-18(9-7-17)26-14-4-3-5-15-26/h6-9,11,13,16H,3-5,10,12,14-15H2,1-2H3,(H,22,27)(H,23,24,25). The molecule has 2 aromatic rings. The van der Waals surface area contributed by atoms with Gasteiger partial charge in [0.15, 0.2) is 0 Å². The van der Waals surface area contributed by atoms with Gasteiger partial charge in [-0.3, -0.25) is 4.79 Å². The van der Waals surface area contributed by atoms with Crippen LogP contribution in [0.5, 0.6) is 0 Å². The van der Waals surface area contributed by atoms with Crippen LogP contribution in [0, 0.1) is 5.92 Å². The molecule has 1 aliphatic heterocycles. The summed E-state index contributed by atoms with van der Waals surface area (Å²) in [5, 5.41) is 6.09. The SMILES string of the molecule is CC(C)CCNC(=O)c1ccnc(Nc2ccc(N3CCCCC3)cc2)n1. The summed E-state index contributed by atoms with van der Waals surface area (Å²) in [4.78, 5) is 23.2. The van der Waals surface area contributed by atoms with Gasteiger partial charge in [0, 0.05) is 37.2 Å². The molecule has 3 rings (SSSR count). The van der Waals surface area contributed by atoms with E-state index in [2.05, 4.69) is 51.5 Å². The van der Waals surface area contributed by atoms with Crippen LogP contribution in [0.3, 0.4) is 0 Å². The van der Waals surface area contributed by atoms with E-state index in [-0.39, 0.29) is 5.91 Å². The highest BCUT2D eigenvalue weighted by Gasteiger charge is 2.11. The summed E-state index contributed by atoms with van der Waals surface area (Å²) in [6.45, 7) is 7.18. The molecule has 0 saturated carbocycles. The molecule has 1 amide bonds. The second-order valence-corrected chi connectivity index (χ2v) is 7.42. The highest BCUT2D eigenvalue weighted by molar-refractivity contribution is 5.92. The Hall–Kier alpha value is -2.63. The summed E-state index contributed by atoms with van der Waals surface area (Å²) in [6.07, 6.45) is 6.41. The summed E-state index contributed by atoms with van der Waals surface area (Å²) in [5.41, 5.74) is 2.54. The van der Waals surface area contributed by atoms with Crippen LogP contribution in [-0.2, 0) is 0 Å². The number of hydrogen-bond acceptors (Lipinski definition) is 5. The van der Waals surface area contributed by atoms with Crippen LogP contribution >= 0.6 is 0 Å². The first-order chi connectivity index (χ1) is 13.1. The molecule has 0 bridgehead atoms. The third kappa shape index (κ3) is 5.67. The molecular weight excluding hydrogens is 338 g/mol. The Balaban J connectivity index is 1.59. The van der Waals surface area contributed by atoms with Crippen LogP contribution < -0.4 is 15.5 Å². The molecule has 0 unspecified atom stereocenters. The summed E-state index contributed by atoms with van der Waals surface area (Å²) in [7, 11) is 0. The van der Waals surface area contributed by atoms with Crippen molar-refractivity contribution < 1.29 is 4.79 Å². The van der Waals surface area contributed by atoms with Crippen LogP contribution in [0.15, 0.2) is 36.5 Å². The molecule has 6 heteroatoms. The molecule has 27 heavy (non-hydrogen) atoms. The van der Waals surface area contributed by atoms with E-state index in [4.69, 9.17) is 0 Å². The largest absolute Gasteiger partial charge is 0.372 e. The van der Waals surface area contributed by atoms with Crippen molar-refractivity contribution in [3.05, 3.63) is 42.2 Å². The van der Waals surface area contributed by atoms with Gasteiger partial charge in [-0.2, -0.15) is 0 Å². The van der Waals surface area contributed by atoms with Crippen molar-refractivity contribution >= 4 is 23.2 Å². The van der Waals surface area contributed by atoms with Crippen molar-refractivity contribution in [2.24, 2.45) is 5.92 Å². The van der Waals surface area contributed by atoms with E-state index in [9.17, 15) is 4.79 Å². The summed E-state index contributed by atoms with van der Waals surface area (Å²) in [6, 6.07) is 9.94. The second-order valence-electron chi connectivity index (χ2n) is 7.42. The van der Waals surface area contributed by atoms with Crippen LogP contribution in [0.25, 0.3) is 0 Å². The highest BCUT2D eigenvalue weighted by Crippen LogP contribution is 2.22. The molecular formula is C21H29N5O. The van der Waals surface area contributed by atoms with Crippen molar-refractivity contribution in [1.82, 2.24) is 15.3 Å². The number of benzene rings is 1. The lowest BCUT2D eigenvalue weighted by Crippen LogP contribution is -2.29. The topological polar surface area (TPSA) is 70.2 Å². The lowest BCUT2D eigenvalue weighted by molar-refractivity contribution is 0.0947. The van der Waals surface area contributed by atoms with E-state index in [0.29, 0.717) is 24.1 Å². The first-order valence-corrected chi connectivity index (χ1v) is 9.85. The van der Waals surface area contributed by atoms with E-state index in [1.54, 1.807) is 12.3 Å². The number of anilines is 3. The maximum absolute atomic E-state index is 12.2. The zero-order valence-electron chi connectivity index (χ0n) is 16.2. The molecule has 1 aromatic heterocycles. The number of piperidine rings is 1. The maximum atomic E-state index is 12.2. The van der Waals surface area contributed by atoms with Gasteiger partial charge in [0.1, 0.15) is 5.69 Å². The zero-order valence-corrected chi connectivity index (χ0v) is 16.2. The minimum atomic E-state index is -0.165. The normalized spacial score (nSPS) is 14.3. The van der Waals surface area contributed by atoms with Crippen LogP contribution in [0.1, 0.15) is 50.0 Å². The summed E-state index contributed by atoms with van der Waals surface area (Å²) in [5.74, 6) is 0.819. The number of carbonyl (C=O) groups is 1. The van der Waals surface area contributed by atoms with Crippen LogP contribution in [0.4, 0.5) is 17.3 Å². The third-order valence-corrected chi connectivity index (χ3v) is 4.74. The number of nitrogens with one attached hydrogen (secondary N) is 2. The first-order valence-electron chi connectivity index (χ1n) is 9.85. The number of carbonyl (C=O) groups excluding carboxylic acids is 1. The predicted octanol–water partition coefficient (Wildman–Crippen LogP) is 3.99. The Morgan fingerprint density at radius 3 is 2.56 bits per heavy atom. The maximum Gasteiger partial charge on any atom is 0.270 e.